The van der Waals surface area contributed by atoms with E-state index < -0.39 is 21.1 Å². The van der Waals surface area contributed by atoms with Crippen LogP contribution in [0.4, 0.5) is 0 Å². The van der Waals surface area contributed by atoms with Crippen LogP contribution in [0.25, 0.3) is 10.8 Å². The number of benzene rings is 1. The third-order valence-corrected chi connectivity index (χ3v) is 5.59. The van der Waals surface area contributed by atoms with Crippen molar-refractivity contribution >= 4 is 42.5 Å². The number of hydrogen-bond acceptors (Lipinski definition) is 5. The largest absolute Gasteiger partial charge is 0.465 e. The van der Waals surface area contributed by atoms with E-state index >= 15 is 0 Å². The fraction of sp³-hybridized carbons (Fsp3) is 0.375. The van der Waals surface area contributed by atoms with E-state index in [1.54, 1.807) is 31.3 Å². The van der Waals surface area contributed by atoms with E-state index in [0.717, 1.165) is 16.1 Å². The van der Waals surface area contributed by atoms with E-state index in [9.17, 15) is 18.0 Å². The minimum Gasteiger partial charge on any atom is -0.465 e. The van der Waals surface area contributed by atoms with Gasteiger partial charge in [0.15, 0.2) is 15.1 Å². The molecule has 0 saturated carbocycles. The monoisotopic (exact) mass is 415 g/mol. The zero-order chi connectivity index (χ0) is 17.9. The molecule has 2 rings (SSSR count). The molecule has 24 heavy (non-hydrogen) atoms. The van der Waals surface area contributed by atoms with Crippen molar-refractivity contribution in [2.24, 2.45) is 0 Å². The van der Waals surface area contributed by atoms with Crippen molar-refractivity contribution in [2.75, 3.05) is 12.9 Å². The quantitative estimate of drug-likeness (QED) is 0.674. The summed E-state index contributed by atoms with van der Waals surface area (Å²) in [7, 11) is -3.61. The fourth-order valence-electron chi connectivity index (χ4n) is 2.43. The summed E-state index contributed by atoms with van der Waals surface area (Å²) in [6.45, 7) is 1.83. The molecule has 8 heteroatoms. The van der Waals surface area contributed by atoms with Crippen LogP contribution in [0.3, 0.4) is 0 Å². The van der Waals surface area contributed by atoms with Crippen molar-refractivity contribution in [1.29, 1.82) is 0 Å². The highest BCUT2D eigenvalue weighted by Crippen LogP contribution is 2.17. The van der Waals surface area contributed by atoms with Gasteiger partial charge in [-0.2, -0.15) is 0 Å². The molecule has 6 nitrogen and oxygen atoms in total. The number of esters is 1. The Balaban J connectivity index is 2.28. The van der Waals surface area contributed by atoms with Crippen molar-refractivity contribution in [2.45, 2.75) is 25.1 Å². The number of rotatable bonds is 6. The average molecular weight is 416 g/mol. The molecular formula is C16H18BrNO5S. The van der Waals surface area contributed by atoms with Gasteiger partial charge in [0.1, 0.15) is 0 Å². The lowest BCUT2D eigenvalue weighted by molar-refractivity contribution is -0.142. The van der Waals surface area contributed by atoms with E-state index in [-0.39, 0.29) is 25.1 Å². The molecule has 130 valence electrons. The van der Waals surface area contributed by atoms with E-state index in [1.807, 2.05) is 6.07 Å². The number of ether oxygens (including phenoxy) is 1. The topological polar surface area (TPSA) is 82.4 Å². The van der Waals surface area contributed by atoms with Gasteiger partial charge in [-0.25, -0.2) is 8.42 Å². The molecular weight excluding hydrogens is 398 g/mol. The number of halogens is 1. The molecule has 1 atom stereocenters. The first-order valence-electron chi connectivity index (χ1n) is 7.38. The Kier molecular flexibility index (Phi) is 5.82. The Morgan fingerprint density at radius 3 is 2.67 bits per heavy atom. The summed E-state index contributed by atoms with van der Waals surface area (Å²) >= 11 is 3.35. The molecule has 0 unspecified atom stereocenters. The SMILES string of the molecule is CCOC(=O)[C@@H](CCn1ccc2cc(Br)ccc2c1=O)S(C)(=O)=O. The Labute approximate surface area is 148 Å². The minimum atomic E-state index is -3.61. The summed E-state index contributed by atoms with van der Waals surface area (Å²) in [4.78, 5) is 24.3. The van der Waals surface area contributed by atoms with Gasteiger partial charge in [0.05, 0.1) is 6.61 Å². The second-order valence-electron chi connectivity index (χ2n) is 5.40. The predicted molar refractivity (Wildman–Crippen MR) is 95.8 cm³/mol. The summed E-state index contributed by atoms with van der Waals surface area (Å²) in [5.74, 6) is -0.780. The van der Waals surface area contributed by atoms with Gasteiger partial charge in [0, 0.05) is 28.9 Å². The number of hydrogen-bond donors (Lipinski definition) is 0. The smallest absolute Gasteiger partial charge is 0.324 e. The van der Waals surface area contributed by atoms with Crippen LogP contribution >= 0.6 is 15.9 Å². The summed E-state index contributed by atoms with van der Waals surface area (Å²) < 4.78 is 30.7. The van der Waals surface area contributed by atoms with Crippen molar-refractivity contribution in [3.8, 4) is 0 Å². The van der Waals surface area contributed by atoms with Crippen LogP contribution in [-0.4, -0.2) is 37.1 Å². The molecule has 1 aromatic carbocycles. The maximum Gasteiger partial charge on any atom is 0.324 e. The van der Waals surface area contributed by atoms with E-state index in [2.05, 4.69) is 15.9 Å². The standard InChI is InChI=1S/C16H18BrNO5S/c1-3-23-16(20)14(24(2,21)22)7-9-18-8-6-11-10-12(17)4-5-13(11)15(18)19/h4-6,8,10,14H,3,7,9H2,1-2H3/t14-/m1/s1. The van der Waals surface area contributed by atoms with Gasteiger partial charge in [-0.3, -0.25) is 9.59 Å². The first kappa shape index (κ1) is 18.7. The van der Waals surface area contributed by atoms with Crippen molar-refractivity contribution in [3.05, 3.63) is 45.3 Å². The fourth-order valence-corrected chi connectivity index (χ4v) is 3.76. The van der Waals surface area contributed by atoms with Crippen molar-refractivity contribution in [1.82, 2.24) is 4.57 Å². The van der Waals surface area contributed by atoms with Crippen LogP contribution in [-0.2, 0) is 25.9 Å². The molecule has 0 aliphatic carbocycles. The number of nitrogens with zero attached hydrogens (tertiary/aromatic N) is 1. The molecule has 0 saturated heterocycles. The first-order valence-corrected chi connectivity index (χ1v) is 10.1. The second-order valence-corrected chi connectivity index (χ2v) is 8.55. The lowest BCUT2D eigenvalue weighted by atomic mass is 10.2. The molecule has 0 spiro atoms. The zero-order valence-electron chi connectivity index (χ0n) is 13.4. The third kappa shape index (κ3) is 4.24. The molecule has 2 aromatic rings. The molecule has 0 aliphatic heterocycles. The molecule has 0 fully saturated rings. The molecule has 0 radical (unpaired) electrons. The third-order valence-electron chi connectivity index (χ3n) is 3.64. The number of aryl methyl sites for hydroxylation is 1. The van der Waals surface area contributed by atoms with Crippen LogP contribution in [0.5, 0.6) is 0 Å². The average Bonchev–Trinajstić information content (AvgIpc) is 2.48. The minimum absolute atomic E-state index is 0.0143. The summed E-state index contributed by atoms with van der Waals surface area (Å²) in [5, 5.41) is 0.0494. The lowest BCUT2D eigenvalue weighted by Crippen LogP contribution is -2.33. The highest BCUT2D eigenvalue weighted by atomic mass is 79.9. The van der Waals surface area contributed by atoms with Crippen LogP contribution in [0.15, 0.2) is 39.7 Å². The number of carbonyl (C=O) groups is 1. The molecule has 0 aliphatic rings. The van der Waals surface area contributed by atoms with Gasteiger partial charge < -0.3 is 9.30 Å². The zero-order valence-corrected chi connectivity index (χ0v) is 15.8. The van der Waals surface area contributed by atoms with Gasteiger partial charge >= 0.3 is 5.97 Å². The predicted octanol–water partition coefficient (Wildman–Crippen LogP) is 2.13. The first-order chi connectivity index (χ1) is 11.2. The van der Waals surface area contributed by atoms with Crippen LogP contribution in [0.1, 0.15) is 13.3 Å². The lowest BCUT2D eigenvalue weighted by Gasteiger charge is -2.15. The van der Waals surface area contributed by atoms with E-state index in [1.165, 1.54) is 4.57 Å². The van der Waals surface area contributed by atoms with E-state index in [4.69, 9.17) is 4.74 Å². The van der Waals surface area contributed by atoms with Gasteiger partial charge in [-0.05, 0) is 43.0 Å². The molecule has 1 heterocycles. The number of aromatic nitrogens is 1. The number of fused-ring (bicyclic) bond motifs is 1. The van der Waals surface area contributed by atoms with Crippen molar-refractivity contribution < 1.29 is 17.9 Å². The molecule has 1 aromatic heterocycles. The van der Waals surface area contributed by atoms with Gasteiger partial charge in [0.2, 0.25) is 0 Å². The highest BCUT2D eigenvalue weighted by molar-refractivity contribution is 9.10. The summed E-state index contributed by atoms with van der Waals surface area (Å²) in [5.41, 5.74) is -0.226. The van der Waals surface area contributed by atoms with Gasteiger partial charge in [0.25, 0.3) is 5.56 Å². The van der Waals surface area contributed by atoms with Crippen LogP contribution in [0.2, 0.25) is 0 Å². The summed E-state index contributed by atoms with van der Waals surface area (Å²) in [6.07, 6.45) is 2.58. The molecule has 0 N–H and O–H groups in total. The van der Waals surface area contributed by atoms with E-state index in [0.29, 0.717) is 5.39 Å². The number of carbonyl (C=O) groups excluding carboxylic acids is 1. The Morgan fingerprint density at radius 1 is 1.33 bits per heavy atom. The summed E-state index contributed by atoms with van der Waals surface area (Å²) in [6, 6.07) is 7.09. The van der Waals surface area contributed by atoms with Gasteiger partial charge in [-0.1, -0.05) is 15.9 Å². The van der Waals surface area contributed by atoms with Gasteiger partial charge in [-0.15, -0.1) is 0 Å². The maximum absolute atomic E-state index is 12.5. The maximum atomic E-state index is 12.5. The second kappa shape index (κ2) is 7.48. The Hall–Kier alpha value is -1.67. The highest BCUT2D eigenvalue weighted by Gasteiger charge is 2.30. The Morgan fingerprint density at radius 2 is 2.04 bits per heavy atom. The molecule has 0 bridgehead atoms. The Bertz CT molecular complexity index is 920. The van der Waals surface area contributed by atoms with Crippen LogP contribution in [0, 0.1) is 0 Å². The van der Waals surface area contributed by atoms with Crippen molar-refractivity contribution in [3.63, 3.8) is 0 Å². The molecule has 0 amide bonds. The number of sulfone groups is 1. The normalized spacial score (nSPS) is 13.0. The van der Waals surface area contributed by atoms with Crippen LogP contribution < -0.4 is 5.56 Å². The number of pyridine rings is 1.